The number of aryl methyl sites for hydroxylation is 1. The summed E-state index contributed by atoms with van der Waals surface area (Å²) in [7, 11) is -3.31. The Morgan fingerprint density at radius 2 is 1.56 bits per heavy atom. The quantitative estimate of drug-likeness (QED) is 0.826. The van der Waals surface area contributed by atoms with Gasteiger partial charge in [-0.05, 0) is 37.3 Å². The minimum Gasteiger partial charge on any atom is -0.207 e. The highest BCUT2D eigenvalue weighted by Gasteiger charge is 2.31. The molecule has 0 amide bonds. The van der Waals surface area contributed by atoms with Crippen molar-refractivity contribution in [1.82, 2.24) is 4.31 Å². The number of benzene rings is 1. The van der Waals surface area contributed by atoms with Crippen LogP contribution in [0.1, 0.15) is 25.8 Å². The lowest BCUT2D eigenvalue weighted by Gasteiger charge is -2.34. The van der Waals surface area contributed by atoms with Gasteiger partial charge in [0, 0.05) is 13.1 Å². The van der Waals surface area contributed by atoms with Crippen LogP contribution >= 0.6 is 0 Å². The van der Waals surface area contributed by atoms with Gasteiger partial charge in [-0.15, -0.1) is 0 Å². The van der Waals surface area contributed by atoms with Crippen LogP contribution in [0.3, 0.4) is 0 Å². The number of rotatable bonds is 2. The third-order valence-corrected chi connectivity index (χ3v) is 5.34. The monoisotopic (exact) mass is 267 g/mol. The van der Waals surface area contributed by atoms with Crippen molar-refractivity contribution in [2.24, 2.45) is 11.8 Å². The molecule has 100 valence electrons. The second kappa shape index (κ2) is 5.02. The molecule has 0 radical (unpaired) electrons. The van der Waals surface area contributed by atoms with E-state index in [0.717, 1.165) is 12.0 Å². The Bertz CT molecular complexity index is 497. The predicted octanol–water partition coefficient (Wildman–Crippen LogP) is 2.66. The Labute approximate surface area is 110 Å². The molecule has 1 heterocycles. The van der Waals surface area contributed by atoms with Gasteiger partial charge in [0.15, 0.2) is 0 Å². The minimum absolute atomic E-state index is 0.411. The molecule has 1 fully saturated rings. The van der Waals surface area contributed by atoms with Crippen LogP contribution in [0.15, 0.2) is 29.2 Å². The third-order valence-electron chi connectivity index (χ3n) is 3.49. The zero-order valence-electron chi connectivity index (χ0n) is 11.3. The van der Waals surface area contributed by atoms with Gasteiger partial charge >= 0.3 is 0 Å². The van der Waals surface area contributed by atoms with Crippen LogP contribution in [-0.4, -0.2) is 25.8 Å². The summed E-state index contributed by atoms with van der Waals surface area (Å²) in [6, 6.07) is 7.11. The zero-order valence-corrected chi connectivity index (χ0v) is 12.1. The van der Waals surface area contributed by atoms with Gasteiger partial charge in [0.1, 0.15) is 0 Å². The first-order valence-corrected chi connectivity index (χ1v) is 7.90. The van der Waals surface area contributed by atoms with Crippen LogP contribution in [0.4, 0.5) is 0 Å². The summed E-state index contributed by atoms with van der Waals surface area (Å²) in [4.78, 5) is 0.411. The van der Waals surface area contributed by atoms with Crippen molar-refractivity contribution in [2.45, 2.75) is 32.1 Å². The SMILES string of the molecule is Cc1ccc(S(=O)(=O)N2C[C@H](C)C[C@H](C)C2)cc1. The van der Waals surface area contributed by atoms with E-state index in [2.05, 4.69) is 13.8 Å². The van der Waals surface area contributed by atoms with Crippen molar-refractivity contribution < 1.29 is 8.42 Å². The summed E-state index contributed by atoms with van der Waals surface area (Å²) in [6.45, 7) is 7.48. The average Bonchev–Trinajstić information content (AvgIpc) is 2.28. The molecule has 1 aromatic rings. The standard InChI is InChI=1S/C14H21NO2S/c1-11-4-6-14(7-5-11)18(16,17)15-9-12(2)8-13(3)10-15/h4-7,12-13H,8-10H2,1-3H3/t12-,13+. The summed E-state index contributed by atoms with van der Waals surface area (Å²) in [5, 5.41) is 0. The second-order valence-corrected chi connectivity index (χ2v) is 7.52. The molecule has 1 aliphatic rings. The van der Waals surface area contributed by atoms with Crippen LogP contribution in [-0.2, 0) is 10.0 Å². The largest absolute Gasteiger partial charge is 0.243 e. The molecule has 0 spiro atoms. The molecule has 0 unspecified atom stereocenters. The van der Waals surface area contributed by atoms with Crippen molar-refractivity contribution in [3.05, 3.63) is 29.8 Å². The van der Waals surface area contributed by atoms with Crippen molar-refractivity contribution in [1.29, 1.82) is 0 Å². The zero-order chi connectivity index (χ0) is 13.3. The number of hydrogen-bond acceptors (Lipinski definition) is 2. The van der Waals surface area contributed by atoms with E-state index in [1.165, 1.54) is 0 Å². The maximum Gasteiger partial charge on any atom is 0.243 e. The van der Waals surface area contributed by atoms with Crippen LogP contribution in [0.5, 0.6) is 0 Å². The lowest BCUT2D eigenvalue weighted by atomic mass is 9.94. The molecule has 1 aromatic carbocycles. The Morgan fingerprint density at radius 3 is 2.06 bits per heavy atom. The lowest BCUT2D eigenvalue weighted by molar-refractivity contribution is 0.222. The first-order valence-electron chi connectivity index (χ1n) is 6.46. The summed E-state index contributed by atoms with van der Waals surface area (Å²) in [5.74, 6) is 0.878. The molecule has 1 aliphatic heterocycles. The number of hydrogen-bond donors (Lipinski definition) is 0. The normalized spacial score (nSPS) is 26.2. The van der Waals surface area contributed by atoms with Crippen LogP contribution < -0.4 is 0 Å². The molecule has 2 atom stereocenters. The van der Waals surface area contributed by atoms with Gasteiger partial charge in [-0.3, -0.25) is 0 Å². The fourth-order valence-corrected chi connectivity index (χ4v) is 4.34. The summed E-state index contributed by atoms with van der Waals surface area (Å²) >= 11 is 0. The van der Waals surface area contributed by atoms with E-state index in [0.29, 0.717) is 29.8 Å². The van der Waals surface area contributed by atoms with Crippen molar-refractivity contribution in [2.75, 3.05) is 13.1 Å². The first-order chi connectivity index (χ1) is 8.39. The Kier molecular flexibility index (Phi) is 3.78. The first kappa shape index (κ1) is 13.6. The van der Waals surface area contributed by atoms with Crippen molar-refractivity contribution in [3.63, 3.8) is 0 Å². The molecule has 4 heteroatoms. The predicted molar refractivity (Wildman–Crippen MR) is 72.9 cm³/mol. The average molecular weight is 267 g/mol. The molecular weight excluding hydrogens is 246 g/mol. The number of nitrogens with zero attached hydrogens (tertiary/aromatic N) is 1. The van der Waals surface area contributed by atoms with Crippen LogP contribution in [0, 0.1) is 18.8 Å². The molecule has 1 saturated heterocycles. The van der Waals surface area contributed by atoms with Gasteiger partial charge in [0.25, 0.3) is 0 Å². The molecule has 18 heavy (non-hydrogen) atoms. The summed E-state index contributed by atoms with van der Waals surface area (Å²) in [5.41, 5.74) is 1.08. The highest BCUT2D eigenvalue weighted by atomic mass is 32.2. The van der Waals surface area contributed by atoms with E-state index in [4.69, 9.17) is 0 Å². The van der Waals surface area contributed by atoms with Crippen LogP contribution in [0.25, 0.3) is 0 Å². The maximum absolute atomic E-state index is 12.5. The van der Waals surface area contributed by atoms with E-state index in [9.17, 15) is 8.42 Å². The van der Waals surface area contributed by atoms with Gasteiger partial charge in [0.2, 0.25) is 10.0 Å². The highest BCUT2D eigenvalue weighted by Crippen LogP contribution is 2.26. The number of piperidine rings is 1. The Hall–Kier alpha value is -0.870. The van der Waals surface area contributed by atoms with E-state index in [1.54, 1.807) is 16.4 Å². The van der Waals surface area contributed by atoms with E-state index < -0.39 is 10.0 Å². The molecule has 0 N–H and O–H groups in total. The summed E-state index contributed by atoms with van der Waals surface area (Å²) in [6.07, 6.45) is 1.11. The lowest BCUT2D eigenvalue weighted by Crippen LogP contribution is -2.42. The smallest absolute Gasteiger partial charge is 0.207 e. The Balaban J connectivity index is 2.28. The molecule has 0 aromatic heterocycles. The van der Waals surface area contributed by atoms with Crippen LogP contribution in [0.2, 0.25) is 0 Å². The van der Waals surface area contributed by atoms with Gasteiger partial charge in [0.05, 0.1) is 4.90 Å². The van der Waals surface area contributed by atoms with Gasteiger partial charge in [-0.2, -0.15) is 4.31 Å². The highest BCUT2D eigenvalue weighted by molar-refractivity contribution is 7.89. The molecule has 0 aliphatic carbocycles. The molecule has 2 rings (SSSR count). The fraction of sp³-hybridized carbons (Fsp3) is 0.571. The van der Waals surface area contributed by atoms with Gasteiger partial charge in [-0.1, -0.05) is 31.5 Å². The van der Waals surface area contributed by atoms with E-state index >= 15 is 0 Å². The third kappa shape index (κ3) is 2.75. The minimum atomic E-state index is -3.31. The fourth-order valence-electron chi connectivity index (χ4n) is 2.66. The molecule has 0 saturated carbocycles. The van der Waals surface area contributed by atoms with Crippen molar-refractivity contribution in [3.8, 4) is 0 Å². The Morgan fingerprint density at radius 1 is 1.06 bits per heavy atom. The topological polar surface area (TPSA) is 37.4 Å². The van der Waals surface area contributed by atoms with Gasteiger partial charge < -0.3 is 0 Å². The number of sulfonamides is 1. The molecular formula is C14H21NO2S. The maximum atomic E-state index is 12.5. The van der Waals surface area contributed by atoms with E-state index in [-0.39, 0.29) is 0 Å². The summed E-state index contributed by atoms with van der Waals surface area (Å²) < 4.78 is 26.7. The molecule has 3 nitrogen and oxygen atoms in total. The molecule has 0 bridgehead atoms. The van der Waals surface area contributed by atoms with E-state index in [1.807, 2.05) is 19.1 Å². The second-order valence-electron chi connectivity index (χ2n) is 5.58. The van der Waals surface area contributed by atoms with Crippen molar-refractivity contribution >= 4 is 10.0 Å². The van der Waals surface area contributed by atoms with Gasteiger partial charge in [-0.25, -0.2) is 8.42 Å².